The lowest BCUT2D eigenvalue weighted by Gasteiger charge is -2.18. The molecule has 0 radical (unpaired) electrons. The Balaban J connectivity index is 2.42. The first-order valence-corrected chi connectivity index (χ1v) is 6.52. The summed E-state index contributed by atoms with van der Waals surface area (Å²) in [6.45, 7) is 0.997. The molecule has 1 aliphatic rings. The van der Waals surface area contributed by atoms with Crippen molar-refractivity contribution in [2.75, 3.05) is 20.3 Å². The summed E-state index contributed by atoms with van der Waals surface area (Å²) in [6.07, 6.45) is 3.06. The minimum Gasteiger partial charge on any atom is -0.467 e. The van der Waals surface area contributed by atoms with Gasteiger partial charge in [-0.15, -0.1) is 0 Å². The second-order valence-corrected chi connectivity index (χ2v) is 4.55. The smallest absolute Gasteiger partial charge is 0.328 e. The summed E-state index contributed by atoms with van der Waals surface area (Å²) >= 11 is 0. The number of nitriles is 1. The van der Waals surface area contributed by atoms with Crippen LogP contribution in [0.5, 0.6) is 0 Å². The third kappa shape index (κ3) is 5.26. The van der Waals surface area contributed by atoms with E-state index in [0.717, 1.165) is 0 Å². The number of carbonyl (C=O) groups excluding carboxylic acids is 2. The zero-order valence-electron chi connectivity index (χ0n) is 11.2. The van der Waals surface area contributed by atoms with E-state index in [0.29, 0.717) is 45.3 Å². The Morgan fingerprint density at radius 2 is 2.32 bits per heavy atom. The molecule has 1 amide bonds. The lowest BCUT2D eigenvalue weighted by atomic mass is 10.1. The second-order valence-electron chi connectivity index (χ2n) is 4.55. The third-order valence-corrected chi connectivity index (χ3v) is 3.13. The van der Waals surface area contributed by atoms with E-state index in [-0.39, 0.29) is 11.8 Å². The van der Waals surface area contributed by atoms with Crippen LogP contribution in [0.15, 0.2) is 0 Å². The Bertz CT molecular complexity index is 345. The molecule has 0 aromatic rings. The maximum atomic E-state index is 11.9. The number of nitrogens with zero attached hydrogens (tertiary/aromatic N) is 1. The lowest BCUT2D eigenvalue weighted by molar-refractivity contribution is -0.145. The molecule has 0 unspecified atom stereocenters. The van der Waals surface area contributed by atoms with Crippen LogP contribution < -0.4 is 5.32 Å². The average molecular weight is 268 g/mol. The zero-order valence-corrected chi connectivity index (χ0v) is 11.2. The summed E-state index contributed by atoms with van der Waals surface area (Å²) < 4.78 is 9.83. The predicted octanol–water partition coefficient (Wildman–Crippen LogP) is 0.765. The number of hydrogen-bond acceptors (Lipinski definition) is 5. The largest absolute Gasteiger partial charge is 0.467 e. The van der Waals surface area contributed by atoms with Crippen LogP contribution in [0.1, 0.15) is 32.1 Å². The fraction of sp³-hybridized carbons (Fsp3) is 0.769. The van der Waals surface area contributed by atoms with Crippen molar-refractivity contribution in [2.45, 2.75) is 38.1 Å². The molecule has 106 valence electrons. The van der Waals surface area contributed by atoms with E-state index in [1.54, 1.807) is 0 Å². The molecular weight excluding hydrogens is 248 g/mol. The molecule has 19 heavy (non-hydrogen) atoms. The highest BCUT2D eigenvalue weighted by molar-refractivity contribution is 5.85. The molecule has 1 N–H and O–H groups in total. The summed E-state index contributed by atoms with van der Waals surface area (Å²) in [5.74, 6) is -0.774. The van der Waals surface area contributed by atoms with Crippen molar-refractivity contribution in [1.29, 1.82) is 5.26 Å². The molecule has 2 atom stereocenters. The summed E-state index contributed by atoms with van der Waals surface area (Å²) in [6, 6.07) is 1.42. The summed E-state index contributed by atoms with van der Waals surface area (Å²) in [5.41, 5.74) is 0. The van der Waals surface area contributed by atoms with Gasteiger partial charge in [0.15, 0.2) is 0 Å². The van der Waals surface area contributed by atoms with E-state index < -0.39 is 12.0 Å². The van der Waals surface area contributed by atoms with Crippen LogP contribution in [0.3, 0.4) is 0 Å². The maximum absolute atomic E-state index is 11.9. The van der Waals surface area contributed by atoms with Gasteiger partial charge in [-0.1, -0.05) is 0 Å². The number of methoxy groups -OCH3 is 1. The molecule has 0 aromatic carbocycles. The van der Waals surface area contributed by atoms with Crippen LogP contribution in [-0.4, -0.2) is 38.2 Å². The number of unbranched alkanes of at least 4 members (excludes halogenated alkanes) is 2. The quantitative estimate of drug-likeness (QED) is 0.544. The first-order chi connectivity index (χ1) is 9.19. The minimum absolute atomic E-state index is 0.159. The fourth-order valence-corrected chi connectivity index (χ4v) is 1.97. The van der Waals surface area contributed by atoms with Gasteiger partial charge in [0.05, 0.1) is 25.7 Å². The molecule has 0 aliphatic carbocycles. The molecule has 6 nitrogen and oxygen atoms in total. The second kappa shape index (κ2) is 8.48. The van der Waals surface area contributed by atoms with Crippen molar-refractivity contribution in [3.05, 3.63) is 0 Å². The van der Waals surface area contributed by atoms with Crippen LogP contribution in [0.2, 0.25) is 0 Å². The standard InChI is InChI=1S/C13H20N2O4/c1-18-13(17)11(5-3-2-4-7-14)15-12(16)10-6-8-19-9-10/h10-11H,2-6,8-9H2,1H3,(H,15,16)/t10-,11+/m1/s1. The van der Waals surface area contributed by atoms with Crippen molar-refractivity contribution < 1.29 is 19.1 Å². The topological polar surface area (TPSA) is 88.4 Å². The number of esters is 1. The van der Waals surface area contributed by atoms with Gasteiger partial charge in [-0.3, -0.25) is 4.79 Å². The first kappa shape index (κ1) is 15.4. The van der Waals surface area contributed by atoms with E-state index in [4.69, 9.17) is 10.00 Å². The SMILES string of the molecule is COC(=O)[C@H](CCCCC#N)NC(=O)[C@@H]1CCOC1. The lowest BCUT2D eigenvalue weighted by Crippen LogP contribution is -2.44. The Morgan fingerprint density at radius 3 is 2.89 bits per heavy atom. The molecule has 0 spiro atoms. The molecule has 1 heterocycles. The van der Waals surface area contributed by atoms with Crippen molar-refractivity contribution in [2.24, 2.45) is 5.92 Å². The fourth-order valence-electron chi connectivity index (χ4n) is 1.97. The Kier molecular flexibility index (Phi) is 6.90. The van der Waals surface area contributed by atoms with Gasteiger partial charge in [0.1, 0.15) is 6.04 Å². The molecule has 0 bridgehead atoms. The number of nitrogens with one attached hydrogen (secondary N) is 1. The number of rotatable bonds is 7. The number of amides is 1. The van der Waals surface area contributed by atoms with Gasteiger partial charge in [0.25, 0.3) is 0 Å². The van der Waals surface area contributed by atoms with Crippen LogP contribution in [0, 0.1) is 17.2 Å². The first-order valence-electron chi connectivity index (χ1n) is 6.52. The van der Waals surface area contributed by atoms with Gasteiger partial charge in [0, 0.05) is 13.0 Å². The number of carbonyl (C=O) groups is 2. The Hall–Kier alpha value is -1.61. The van der Waals surface area contributed by atoms with E-state index in [9.17, 15) is 9.59 Å². The minimum atomic E-state index is -0.628. The van der Waals surface area contributed by atoms with Gasteiger partial charge in [-0.25, -0.2) is 4.79 Å². The zero-order chi connectivity index (χ0) is 14.1. The van der Waals surface area contributed by atoms with Gasteiger partial charge in [-0.05, 0) is 25.7 Å². The highest BCUT2D eigenvalue weighted by Gasteiger charge is 2.28. The number of hydrogen-bond donors (Lipinski definition) is 1. The molecule has 1 rings (SSSR count). The number of ether oxygens (including phenoxy) is 2. The molecule has 6 heteroatoms. The monoisotopic (exact) mass is 268 g/mol. The van der Waals surface area contributed by atoms with Crippen LogP contribution >= 0.6 is 0 Å². The molecule has 1 saturated heterocycles. The van der Waals surface area contributed by atoms with Crippen LogP contribution in [0.25, 0.3) is 0 Å². The highest BCUT2D eigenvalue weighted by Crippen LogP contribution is 2.13. The predicted molar refractivity (Wildman–Crippen MR) is 67.0 cm³/mol. The van der Waals surface area contributed by atoms with Gasteiger partial charge in [0.2, 0.25) is 5.91 Å². The highest BCUT2D eigenvalue weighted by atomic mass is 16.5. The third-order valence-electron chi connectivity index (χ3n) is 3.13. The van der Waals surface area contributed by atoms with Gasteiger partial charge in [-0.2, -0.15) is 5.26 Å². The van der Waals surface area contributed by atoms with E-state index in [1.807, 2.05) is 0 Å². The van der Waals surface area contributed by atoms with Crippen LogP contribution in [0.4, 0.5) is 0 Å². The van der Waals surface area contributed by atoms with Crippen molar-refractivity contribution in [3.8, 4) is 6.07 Å². The van der Waals surface area contributed by atoms with Crippen molar-refractivity contribution in [3.63, 3.8) is 0 Å². The Morgan fingerprint density at radius 1 is 1.53 bits per heavy atom. The van der Waals surface area contributed by atoms with Crippen LogP contribution in [-0.2, 0) is 19.1 Å². The van der Waals surface area contributed by atoms with E-state index >= 15 is 0 Å². The van der Waals surface area contributed by atoms with Gasteiger partial charge >= 0.3 is 5.97 Å². The van der Waals surface area contributed by atoms with Crippen molar-refractivity contribution in [1.82, 2.24) is 5.32 Å². The summed E-state index contributed by atoms with van der Waals surface area (Å²) in [4.78, 5) is 23.5. The average Bonchev–Trinajstić information content (AvgIpc) is 2.95. The summed E-state index contributed by atoms with van der Waals surface area (Å²) in [5, 5.41) is 11.2. The molecule has 1 aliphatic heterocycles. The Labute approximate surface area is 113 Å². The van der Waals surface area contributed by atoms with Crippen molar-refractivity contribution >= 4 is 11.9 Å². The molecular formula is C13H20N2O4. The van der Waals surface area contributed by atoms with E-state index in [1.165, 1.54) is 7.11 Å². The maximum Gasteiger partial charge on any atom is 0.328 e. The summed E-state index contributed by atoms with van der Waals surface area (Å²) in [7, 11) is 1.30. The van der Waals surface area contributed by atoms with Gasteiger partial charge < -0.3 is 14.8 Å². The molecule has 1 fully saturated rings. The molecule has 0 saturated carbocycles. The normalized spacial score (nSPS) is 19.5. The molecule has 0 aromatic heterocycles. The van der Waals surface area contributed by atoms with E-state index in [2.05, 4.69) is 16.1 Å².